The number of benzene rings is 1. The molecule has 28 heavy (non-hydrogen) atoms. The number of nitrogens with two attached hydrogens (primary N) is 1. The van der Waals surface area contributed by atoms with Gasteiger partial charge in [0.2, 0.25) is 0 Å². The van der Waals surface area contributed by atoms with E-state index >= 15 is 0 Å². The highest BCUT2D eigenvalue weighted by molar-refractivity contribution is 7.12. The lowest BCUT2D eigenvalue weighted by molar-refractivity contribution is -0.692. The fourth-order valence-electron chi connectivity index (χ4n) is 3.55. The Hall–Kier alpha value is -2.25. The zero-order valence-electron chi connectivity index (χ0n) is 16.3. The molecular formula is C21H27FN3O2S+. The summed E-state index contributed by atoms with van der Waals surface area (Å²) in [4.78, 5) is 29.4. The van der Waals surface area contributed by atoms with Crippen LogP contribution in [0.5, 0.6) is 0 Å². The Balaban J connectivity index is 1.51. The summed E-state index contributed by atoms with van der Waals surface area (Å²) in [5, 5.41) is 3.93. The molecule has 1 atom stereocenters. The van der Waals surface area contributed by atoms with Gasteiger partial charge in [0.15, 0.2) is 6.54 Å². The van der Waals surface area contributed by atoms with E-state index in [0.29, 0.717) is 38.6 Å². The largest absolute Gasteiger partial charge is 0.334 e. The minimum absolute atomic E-state index is 0.0462. The fraction of sp³-hybridized carbons (Fsp3) is 0.429. The first-order valence-electron chi connectivity index (χ1n) is 9.65. The van der Waals surface area contributed by atoms with Gasteiger partial charge in [0.25, 0.3) is 11.8 Å². The second kappa shape index (κ2) is 9.30. The molecule has 1 aliphatic heterocycles. The number of quaternary nitrogens is 1. The van der Waals surface area contributed by atoms with Gasteiger partial charge in [-0.2, -0.15) is 0 Å². The number of hydrogen-bond acceptors (Lipinski definition) is 3. The Morgan fingerprint density at radius 1 is 1.07 bits per heavy atom. The van der Waals surface area contributed by atoms with Crippen molar-refractivity contribution >= 4 is 23.2 Å². The fourth-order valence-corrected chi connectivity index (χ4v) is 4.24. The Morgan fingerprint density at radius 2 is 1.71 bits per heavy atom. The molecule has 0 radical (unpaired) electrons. The van der Waals surface area contributed by atoms with Crippen LogP contribution in [0.4, 0.5) is 4.39 Å². The molecule has 1 saturated heterocycles. The summed E-state index contributed by atoms with van der Waals surface area (Å²) in [7, 11) is 0. The van der Waals surface area contributed by atoms with Gasteiger partial charge in [-0.1, -0.05) is 32.0 Å². The molecule has 7 heteroatoms. The number of carbonyl (C=O) groups excluding carboxylic acids is 2. The first-order chi connectivity index (χ1) is 13.5. The van der Waals surface area contributed by atoms with Crippen molar-refractivity contribution in [3.05, 3.63) is 58.0 Å². The number of nitrogens with zero attached hydrogens (tertiary/aromatic N) is 2. The van der Waals surface area contributed by atoms with Gasteiger partial charge in [-0.15, -0.1) is 11.3 Å². The maximum Gasteiger partial charge on any atom is 0.277 e. The van der Waals surface area contributed by atoms with Crippen LogP contribution in [0.1, 0.15) is 35.1 Å². The Kier molecular flexibility index (Phi) is 6.80. The summed E-state index contributed by atoms with van der Waals surface area (Å²) < 4.78 is 13.2. The number of thiophene rings is 1. The van der Waals surface area contributed by atoms with Gasteiger partial charge < -0.3 is 15.1 Å². The maximum absolute atomic E-state index is 13.2. The Bertz CT molecular complexity index is 784. The standard InChI is InChI=1S/C21H26FN3O2S/c1-15(2)20(16-5-7-17(22)8-6-16)23-14-19(26)24-9-11-25(12-10-24)21(27)18-4-3-13-28-18/h3-8,13,15,20,23H,9-12,14H2,1-2H3/p+1/t20-/m1/s1. The van der Waals surface area contributed by atoms with Gasteiger partial charge in [0.05, 0.1) is 4.88 Å². The highest BCUT2D eigenvalue weighted by Crippen LogP contribution is 2.18. The molecule has 2 heterocycles. The van der Waals surface area contributed by atoms with E-state index in [1.165, 1.54) is 23.5 Å². The van der Waals surface area contributed by atoms with Crippen molar-refractivity contribution in [3.63, 3.8) is 0 Å². The van der Waals surface area contributed by atoms with Gasteiger partial charge in [-0.25, -0.2) is 4.39 Å². The highest BCUT2D eigenvalue weighted by atomic mass is 32.1. The van der Waals surface area contributed by atoms with Crippen LogP contribution in [0.25, 0.3) is 0 Å². The van der Waals surface area contributed by atoms with E-state index in [4.69, 9.17) is 0 Å². The lowest BCUT2D eigenvalue weighted by Gasteiger charge is -2.34. The zero-order valence-corrected chi connectivity index (χ0v) is 17.1. The van der Waals surface area contributed by atoms with Gasteiger partial charge in [-0.05, 0) is 23.6 Å². The minimum Gasteiger partial charge on any atom is -0.334 e. The molecule has 0 bridgehead atoms. The topological polar surface area (TPSA) is 57.2 Å². The lowest BCUT2D eigenvalue weighted by atomic mass is 9.96. The summed E-state index contributed by atoms with van der Waals surface area (Å²) in [6.07, 6.45) is 0. The van der Waals surface area contributed by atoms with Crippen LogP contribution < -0.4 is 5.32 Å². The monoisotopic (exact) mass is 404 g/mol. The molecule has 1 fully saturated rings. The smallest absolute Gasteiger partial charge is 0.277 e. The molecule has 5 nitrogen and oxygen atoms in total. The molecule has 150 valence electrons. The van der Waals surface area contributed by atoms with Gasteiger partial charge in [0, 0.05) is 37.7 Å². The van der Waals surface area contributed by atoms with Crippen LogP contribution >= 0.6 is 11.3 Å². The van der Waals surface area contributed by atoms with Crippen molar-refractivity contribution in [3.8, 4) is 0 Å². The summed E-state index contributed by atoms with van der Waals surface area (Å²) in [6.45, 7) is 6.80. The number of rotatable bonds is 6. The summed E-state index contributed by atoms with van der Waals surface area (Å²) in [5.41, 5.74) is 1.02. The number of piperazine rings is 1. The molecule has 3 rings (SSSR count). The van der Waals surface area contributed by atoms with Gasteiger partial charge in [0.1, 0.15) is 11.9 Å². The molecule has 0 unspecified atom stereocenters. The van der Waals surface area contributed by atoms with Crippen LogP contribution in [0, 0.1) is 11.7 Å². The van der Waals surface area contributed by atoms with Gasteiger partial charge >= 0.3 is 0 Å². The zero-order chi connectivity index (χ0) is 20.1. The second-order valence-corrected chi connectivity index (χ2v) is 8.36. The Labute approximate surface area is 169 Å². The third kappa shape index (κ3) is 4.97. The van der Waals surface area contributed by atoms with Crippen molar-refractivity contribution < 1.29 is 19.3 Å². The molecule has 1 aliphatic rings. The van der Waals surface area contributed by atoms with E-state index in [1.54, 1.807) is 12.1 Å². The average molecular weight is 405 g/mol. The maximum atomic E-state index is 13.2. The van der Waals surface area contributed by atoms with Crippen LogP contribution in [0.3, 0.4) is 0 Å². The van der Waals surface area contributed by atoms with Crippen molar-refractivity contribution in [1.82, 2.24) is 9.80 Å². The summed E-state index contributed by atoms with van der Waals surface area (Å²) >= 11 is 1.44. The molecule has 0 aliphatic carbocycles. The molecule has 1 aromatic carbocycles. The SMILES string of the molecule is CC(C)[C@@H]([NH2+]CC(=O)N1CCN(C(=O)c2cccs2)CC1)c1ccc(F)cc1. The first-order valence-corrected chi connectivity index (χ1v) is 10.5. The van der Waals surface area contributed by atoms with Crippen molar-refractivity contribution in [2.24, 2.45) is 5.92 Å². The molecule has 2 N–H and O–H groups in total. The van der Waals surface area contributed by atoms with E-state index in [0.717, 1.165) is 10.4 Å². The summed E-state index contributed by atoms with van der Waals surface area (Å²) in [6, 6.07) is 10.3. The summed E-state index contributed by atoms with van der Waals surface area (Å²) in [5.74, 6) is 0.191. The molecule has 0 spiro atoms. The average Bonchev–Trinajstić information content (AvgIpc) is 3.23. The number of amides is 2. The van der Waals surface area contributed by atoms with E-state index in [2.05, 4.69) is 13.8 Å². The van der Waals surface area contributed by atoms with Crippen molar-refractivity contribution in [2.75, 3.05) is 32.7 Å². The minimum atomic E-state index is -0.253. The second-order valence-electron chi connectivity index (χ2n) is 7.41. The van der Waals surface area contributed by atoms with Crippen molar-refractivity contribution in [2.45, 2.75) is 19.9 Å². The predicted octanol–water partition coefficient (Wildman–Crippen LogP) is 2.13. The molecule has 2 aromatic rings. The molecule has 0 saturated carbocycles. The normalized spacial score (nSPS) is 15.7. The number of hydrogen-bond donors (Lipinski definition) is 1. The lowest BCUT2D eigenvalue weighted by Crippen LogP contribution is -2.88. The van der Waals surface area contributed by atoms with Crippen LogP contribution in [0.2, 0.25) is 0 Å². The third-order valence-corrected chi connectivity index (χ3v) is 6.03. The van der Waals surface area contributed by atoms with E-state index in [9.17, 15) is 14.0 Å². The van der Waals surface area contributed by atoms with Gasteiger partial charge in [-0.3, -0.25) is 9.59 Å². The quantitative estimate of drug-likeness (QED) is 0.802. The Morgan fingerprint density at radius 3 is 2.29 bits per heavy atom. The molecule has 2 amide bonds. The van der Waals surface area contributed by atoms with Crippen LogP contribution in [-0.4, -0.2) is 54.3 Å². The molecular weight excluding hydrogens is 377 g/mol. The van der Waals surface area contributed by atoms with Crippen LogP contribution in [0.15, 0.2) is 41.8 Å². The first kappa shape index (κ1) is 20.5. The third-order valence-electron chi connectivity index (χ3n) is 5.17. The van der Waals surface area contributed by atoms with Crippen molar-refractivity contribution in [1.29, 1.82) is 0 Å². The van der Waals surface area contributed by atoms with Crippen LogP contribution in [-0.2, 0) is 4.79 Å². The predicted molar refractivity (Wildman–Crippen MR) is 108 cm³/mol. The molecule has 1 aromatic heterocycles. The highest BCUT2D eigenvalue weighted by Gasteiger charge is 2.27. The number of carbonyl (C=O) groups is 2. The number of halogens is 1. The van der Waals surface area contributed by atoms with E-state index < -0.39 is 0 Å². The van der Waals surface area contributed by atoms with E-state index in [-0.39, 0.29) is 23.7 Å². The van der Waals surface area contributed by atoms with E-state index in [1.807, 2.05) is 32.6 Å².